The average Bonchev–Trinajstić information content (AvgIpc) is 2.73. The zero-order valence-electron chi connectivity index (χ0n) is 15.1. The van der Waals surface area contributed by atoms with Crippen LogP contribution in [0.2, 0.25) is 0 Å². The second-order valence-electron chi connectivity index (χ2n) is 6.25. The van der Waals surface area contributed by atoms with E-state index in [4.69, 9.17) is 11.6 Å². The van der Waals surface area contributed by atoms with E-state index in [2.05, 4.69) is 35.7 Å². The lowest BCUT2D eigenvalue weighted by Crippen LogP contribution is -2.11. The van der Waals surface area contributed by atoms with Crippen molar-refractivity contribution >= 4 is 34.8 Å². The highest BCUT2D eigenvalue weighted by Crippen LogP contribution is 2.27. The van der Waals surface area contributed by atoms with Gasteiger partial charge in [-0.1, -0.05) is 72.8 Å². The summed E-state index contributed by atoms with van der Waals surface area (Å²) >= 11 is 5.64. The molecule has 0 radical (unpaired) electrons. The number of amides is 1. The van der Waals surface area contributed by atoms with Crippen molar-refractivity contribution < 1.29 is 4.79 Å². The first-order chi connectivity index (χ1) is 13.3. The molecule has 0 fully saturated rings. The standard InChI is InChI=1S/C24H22ClNO/c25-17-7-12-24(27)26-22-15-13-21(14-16-22)23(20-10-5-2-6-11-20)18-19-8-3-1-4-9-19/h1-6,8-11,13-16,18H,7,12,17H2,(H,26,27)/b23-18+. The van der Waals surface area contributed by atoms with Gasteiger partial charge in [-0.2, -0.15) is 0 Å². The van der Waals surface area contributed by atoms with Gasteiger partial charge in [0.15, 0.2) is 0 Å². The van der Waals surface area contributed by atoms with Crippen LogP contribution in [0.5, 0.6) is 0 Å². The summed E-state index contributed by atoms with van der Waals surface area (Å²) in [6.07, 6.45) is 3.31. The maximum Gasteiger partial charge on any atom is 0.224 e. The Kier molecular flexibility index (Phi) is 6.84. The van der Waals surface area contributed by atoms with Gasteiger partial charge >= 0.3 is 0 Å². The summed E-state index contributed by atoms with van der Waals surface area (Å²) in [5, 5.41) is 2.92. The first-order valence-electron chi connectivity index (χ1n) is 9.05. The summed E-state index contributed by atoms with van der Waals surface area (Å²) in [6, 6.07) is 28.5. The van der Waals surface area contributed by atoms with Gasteiger partial charge in [0.25, 0.3) is 0 Å². The third-order valence-corrected chi connectivity index (χ3v) is 4.48. The van der Waals surface area contributed by atoms with Gasteiger partial charge in [-0.15, -0.1) is 11.6 Å². The molecule has 0 spiro atoms. The Morgan fingerprint density at radius 1 is 0.815 bits per heavy atom. The normalized spacial score (nSPS) is 11.2. The van der Waals surface area contributed by atoms with Crippen molar-refractivity contribution in [2.24, 2.45) is 0 Å². The minimum atomic E-state index is -0.00786. The molecule has 0 aliphatic rings. The molecule has 27 heavy (non-hydrogen) atoms. The fourth-order valence-corrected chi connectivity index (χ4v) is 2.98. The Morgan fingerprint density at radius 3 is 2.04 bits per heavy atom. The molecule has 3 heteroatoms. The van der Waals surface area contributed by atoms with Gasteiger partial charge < -0.3 is 5.32 Å². The van der Waals surface area contributed by atoms with Gasteiger partial charge in [0.2, 0.25) is 5.91 Å². The molecule has 0 saturated heterocycles. The molecule has 3 aromatic rings. The quantitative estimate of drug-likeness (QED) is 0.384. The summed E-state index contributed by atoms with van der Waals surface area (Å²) in [4.78, 5) is 11.9. The molecule has 136 valence electrons. The topological polar surface area (TPSA) is 29.1 Å². The predicted octanol–water partition coefficient (Wildman–Crippen LogP) is 6.23. The number of hydrogen-bond donors (Lipinski definition) is 1. The Balaban J connectivity index is 1.87. The minimum Gasteiger partial charge on any atom is -0.326 e. The maximum atomic E-state index is 11.9. The molecular weight excluding hydrogens is 354 g/mol. The van der Waals surface area contributed by atoms with Crippen molar-refractivity contribution in [1.82, 2.24) is 0 Å². The van der Waals surface area contributed by atoms with E-state index < -0.39 is 0 Å². The van der Waals surface area contributed by atoms with Crippen molar-refractivity contribution in [3.8, 4) is 0 Å². The number of alkyl halides is 1. The van der Waals surface area contributed by atoms with Crippen molar-refractivity contribution in [2.75, 3.05) is 11.2 Å². The summed E-state index contributed by atoms with van der Waals surface area (Å²) in [5.74, 6) is 0.489. The number of carbonyl (C=O) groups is 1. The number of benzene rings is 3. The number of hydrogen-bond acceptors (Lipinski definition) is 1. The van der Waals surface area contributed by atoms with Gasteiger partial charge in [0.1, 0.15) is 0 Å². The zero-order valence-corrected chi connectivity index (χ0v) is 15.8. The first-order valence-corrected chi connectivity index (χ1v) is 9.58. The van der Waals surface area contributed by atoms with Crippen LogP contribution >= 0.6 is 11.6 Å². The fraction of sp³-hybridized carbons (Fsp3) is 0.125. The van der Waals surface area contributed by atoms with E-state index in [-0.39, 0.29) is 5.91 Å². The highest BCUT2D eigenvalue weighted by Gasteiger charge is 2.07. The van der Waals surface area contributed by atoms with E-state index in [0.29, 0.717) is 18.7 Å². The third kappa shape index (κ3) is 5.57. The SMILES string of the molecule is O=C(CCCCl)Nc1ccc(/C(=C/c2ccccc2)c2ccccc2)cc1. The molecule has 2 nitrogen and oxygen atoms in total. The Hall–Kier alpha value is -2.84. The molecule has 1 N–H and O–H groups in total. The second-order valence-corrected chi connectivity index (χ2v) is 6.63. The highest BCUT2D eigenvalue weighted by atomic mass is 35.5. The lowest BCUT2D eigenvalue weighted by Gasteiger charge is -2.11. The van der Waals surface area contributed by atoms with Gasteiger partial charge in [-0.25, -0.2) is 0 Å². The summed E-state index contributed by atoms with van der Waals surface area (Å²) in [5.41, 5.74) is 5.34. The molecule has 1 amide bonds. The second kappa shape index (κ2) is 9.75. The molecule has 3 aromatic carbocycles. The number of rotatable bonds is 7. The van der Waals surface area contributed by atoms with Crippen LogP contribution in [-0.4, -0.2) is 11.8 Å². The van der Waals surface area contributed by atoms with Gasteiger partial charge in [-0.05, 0) is 46.9 Å². The Bertz CT molecular complexity index is 887. The first kappa shape index (κ1) is 18.9. The third-order valence-electron chi connectivity index (χ3n) is 4.21. The van der Waals surface area contributed by atoms with E-state index in [1.165, 1.54) is 0 Å². The van der Waals surface area contributed by atoms with Crippen LogP contribution < -0.4 is 5.32 Å². The summed E-state index contributed by atoms with van der Waals surface area (Å²) in [6.45, 7) is 0. The summed E-state index contributed by atoms with van der Waals surface area (Å²) < 4.78 is 0. The lowest BCUT2D eigenvalue weighted by atomic mass is 9.95. The van der Waals surface area contributed by atoms with Crippen LogP contribution in [0.25, 0.3) is 11.6 Å². The molecular formula is C24H22ClNO. The molecule has 0 bridgehead atoms. The largest absolute Gasteiger partial charge is 0.326 e. The Labute approximate surface area is 165 Å². The average molecular weight is 376 g/mol. The van der Waals surface area contributed by atoms with Crippen LogP contribution in [0.15, 0.2) is 84.9 Å². The highest BCUT2D eigenvalue weighted by molar-refractivity contribution is 6.18. The molecule has 0 saturated carbocycles. The number of nitrogens with one attached hydrogen (secondary N) is 1. The van der Waals surface area contributed by atoms with E-state index >= 15 is 0 Å². The van der Waals surface area contributed by atoms with Crippen LogP contribution in [0.1, 0.15) is 29.5 Å². The Morgan fingerprint density at radius 2 is 1.41 bits per heavy atom. The smallest absolute Gasteiger partial charge is 0.224 e. The van der Waals surface area contributed by atoms with E-state index in [9.17, 15) is 4.79 Å². The summed E-state index contributed by atoms with van der Waals surface area (Å²) in [7, 11) is 0. The van der Waals surface area contributed by atoms with Gasteiger partial charge in [0.05, 0.1) is 0 Å². The van der Waals surface area contributed by atoms with Crippen LogP contribution in [-0.2, 0) is 4.79 Å². The zero-order chi connectivity index (χ0) is 18.9. The van der Waals surface area contributed by atoms with Crippen LogP contribution in [0.3, 0.4) is 0 Å². The van der Waals surface area contributed by atoms with E-state index in [0.717, 1.165) is 28.0 Å². The van der Waals surface area contributed by atoms with Gasteiger partial charge in [-0.3, -0.25) is 4.79 Å². The molecule has 0 aliphatic heterocycles. The van der Waals surface area contributed by atoms with Crippen molar-refractivity contribution in [1.29, 1.82) is 0 Å². The molecule has 0 aliphatic carbocycles. The molecule has 0 heterocycles. The van der Waals surface area contributed by atoms with E-state index in [1.807, 2.05) is 60.7 Å². The molecule has 0 unspecified atom stereocenters. The number of carbonyl (C=O) groups excluding carboxylic acids is 1. The lowest BCUT2D eigenvalue weighted by molar-refractivity contribution is -0.116. The molecule has 3 rings (SSSR count). The number of anilines is 1. The fourth-order valence-electron chi connectivity index (χ4n) is 2.85. The van der Waals surface area contributed by atoms with E-state index in [1.54, 1.807) is 0 Å². The van der Waals surface area contributed by atoms with Gasteiger partial charge in [0, 0.05) is 18.0 Å². The minimum absolute atomic E-state index is 0.00786. The molecule has 0 atom stereocenters. The van der Waals surface area contributed by atoms with Crippen LogP contribution in [0.4, 0.5) is 5.69 Å². The predicted molar refractivity (Wildman–Crippen MR) is 115 cm³/mol. The maximum absolute atomic E-state index is 11.9. The van der Waals surface area contributed by atoms with Crippen molar-refractivity contribution in [2.45, 2.75) is 12.8 Å². The van der Waals surface area contributed by atoms with Crippen LogP contribution in [0, 0.1) is 0 Å². The monoisotopic (exact) mass is 375 g/mol. The van der Waals surface area contributed by atoms with Crippen molar-refractivity contribution in [3.05, 3.63) is 102 Å². The number of halogens is 1. The van der Waals surface area contributed by atoms with Crippen molar-refractivity contribution in [3.63, 3.8) is 0 Å². The molecule has 0 aromatic heterocycles.